The molecule has 0 aliphatic carbocycles. The fourth-order valence-electron chi connectivity index (χ4n) is 1.35. The number of halogens is 4. The smallest absolute Gasteiger partial charge is 0.387 e. The van der Waals surface area contributed by atoms with Gasteiger partial charge in [-0.05, 0) is 12.1 Å². The Balaban J connectivity index is 3.32. The minimum Gasteiger partial charge on any atom is -0.387 e. The lowest BCUT2D eigenvalue weighted by atomic mass is 10.1. The first kappa shape index (κ1) is 17.2. The zero-order chi connectivity index (χ0) is 16.2. The fourth-order valence-corrected chi connectivity index (χ4v) is 1.55. The first-order chi connectivity index (χ1) is 9.68. The zero-order valence-electron chi connectivity index (χ0n) is 10.3. The molecule has 0 saturated heterocycles. The molecule has 0 atom stereocenters. The lowest BCUT2D eigenvalue weighted by molar-refractivity contribution is -0.137. The standard InChI is InChI=1S/C11H10ClF3N2O4/c12-10-6(16-8(20)3-18)1-5(11(13,14)15)2-7(10)17-9(21)4-19/h1-2,18-19H,3-4H2,(H,16,20)(H,17,21). The summed E-state index contributed by atoms with van der Waals surface area (Å²) in [6, 6.07) is 1.12. The van der Waals surface area contributed by atoms with E-state index in [4.69, 9.17) is 21.8 Å². The number of alkyl halides is 3. The molecule has 0 heterocycles. The van der Waals surface area contributed by atoms with Crippen LogP contribution >= 0.6 is 11.6 Å². The maximum absolute atomic E-state index is 12.8. The highest BCUT2D eigenvalue weighted by atomic mass is 35.5. The number of benzene rings is 1. The van der Waals surface area contributed by atoms with E-state index in [0.29, 0.717) is 12.1 Å². The monoisotopic (exact) mass is 326 g/mol. The van der Waals surface area contributed by atoms with E-state index in [-0.39, 0.29) is 5.02 Å². The summed E-state index contributed by atoms with van der Waals surface area (Å²) in [5, 5.41) is 20.7. The van der Waals surface area contributed by atoms with Gasteiger partial charge in [-0.2, -0.15) is 13.2 Å². The lowest BCUT2D eigenvalue weighted by Crippen LogP contribution is -2.19. The first-order valence-electron chi connectivity index (χ1n) is 5.41. The molecule has 0 radical (unpaired) electrons. The number of aliphatic hydroxyl groups excluding tert-OH is 2. The van der Waals surface area contributed by atoms with Crippen LogP contribution in [0.15, 0.2) is 12.1 Å². The molecule has 1 rings (SSSR count). The van der Waals surface area contributed by atoms with Gasteiger partial charge in [0.2, 0.25) is 11.8 Å². The van der Waals surface area contributed by atoms with Gasteiger partial charge in [0, 0.05) is 0 Å². The van der Waals surface area contributed by atoms with Crippen molar-refractivity contribution in [2.24, 2.45) is 0 Å². The number of aliphatic hydroxyl groups is 2. The Hall–Kier alpha value is -1.84. The van der Waals surface area contributed by atoms with Crippen molar-refractivity contribution in [3.8, 4) is 0 Å². The van der Waals surface area contributed by atoms with E-state index in [1.807, 2.05) is 10.6 Å². The second-order valence-electron chi connectivity index (χ2n) is 3.80. The van der Waals surface area contributed by atoms with Crippen LogP contribution in [0.5, 0.6) is 0 Å². The molecular weight excluding hydrogens is 317 g/mol. The summed E-state index contributed by atoms with van der Waals surface area (Å²) in [5.74, 6) is -1.95. The Morgan fingerprint density at radius 3 is 1.71 bits per heavy atom. The van der Waals surface area contributed by atoms with E-state index in [9.17, 15) is 22.8 Å². The largest absolute Gasteiger partial charge is 0.416 e. The molecule has 10 heteroatoms. The second kappa shape index (κ2) is 6.74. The third-order valence-corrected chi connectivity index (χ3v) is 2.64. The van der Waals surface area contributed by atoms with Crippen molar-refractivity contribution in [1.29, 1.82) is 0 Å². The predicted molar refractivity (Wildman–Crippen MR) is 67.9 cm³/mol. The van der Waals surface area contributed by atoms with Gasteiger partial charge in [0.05, 0.1) is 22.0 Å². The number of anilines is 2. The normalized spacial score (nSPS) is 11.1. The van der Waals surface area contributed by atoms with Gasteiger partial charge >= 0.3 is 6.18 Å². The number of rotatable bonds is 4. The highest BCUT2D eigenvalue weighted by molar-refractivity contribution is 6.37. The van der Waals surface area contributed by atoms with E-state index in [0.717, 1.165) is 0 Å². The molecule has 0 unspecified atom stereocenters. The Labute approximate surface area is 121 Å². The number of amides is 2. The van der Waals surface area contributed by atoms with Crippen molar-refractivity contribution in [3.05, 3.63) is 22.7 Å². The molecule has 0 aromatic heterocycles. The maximum atomic E-state index is 12.8. The van der Waals surface area contributed by atoms with Crippen molar-refractivity contribution in [2.75, 3.05) is 23.8 Å². The van der Waals surface area contributed by atoms with E-state index < -0.39 is 48.1 Å². The summed E-state index contributed by atoms with van der Waals surface area (Å²) in [5.41, 5.74) is -2.04. The van der Waals surface area contributed by atoms with Gasteiger partial charge in [-0.25, -0.2) is 0 Å². The Morgan fingerprint density at radius 2 is 1.43 bits per heavy atom. The summed E-state index contributed by atoms with van der Waals surface area (Å²) < 4.78 is 38.3. The highest BCUT2D eigenvalue weighted by Crippen LogP contribution is 2.38. The summed E-state index contributed by atoms with van der Waals surface area (Å²) in [6.45, 7) is -1.91. The van der Waals surface area contributed by atoms with Crippen molar-refractivity contribution >= 4 is 34.8 Å². The van der Waals surface area contributed by atoms with E-state index in [1.165, 1.54) is 0 Å². The molecule has 1 aromatic rings. The van der Waals surface area contributed by atoms with Crippen LogP contribution in [0, 0.1) is 0 Å². The molecule has 0 spiro atoms. The third-order valence-electron chi connectivity index (χ3n) is 2.24. The second-order valence-corrected chi connectivity index (χ2v) is 4.17. The van der Waals surface area contributed by atoms with Gasteiger partial charge < -0.3 is 20.8 Å². The molecule has 1 aromatic carbocycles. The van der Waals surface area contributed by atoms with E-state index in [1.54, 1.807) is 0 Å². The number of nitrogens with one attached hydrogen (secondary N) is 2. The van der Waals surface area contributed by atoms with Crippen LogP contribution in [0.3, 0.4) is 0 Å². The number of carbonyl (C=O) groups is 2. The molecule has 0 saturated carbocycles. The number of hydrogen-bond donors (Lipinski definition) is 4. The van der Waals surface area contributed by atoms with Gasteiger partial charge in [0.15, 0.2) is 0 Å². The van der Waals surface area contributed by atoms with Crippen LogP contribution in [0.4, 0.5) is 24.5 Å². The van der Waals surface area contributed by atoms with Crippen LogP contribution < -0.4 is 10.6 Å². The maximum Gasteiger partial charge on any atom is 0.416 e. The molecule has 21 heavy (non-hydrogen) atoms. The van der Waals surface area contributed by atoms with Gasteiger partial charge in [-0.3, -0.25) is 9.59 Å². The quantitative estimate of drug-likeness (QED) is 0.668. The minimum absolute atomic E-state index is 0.369. The summed E-state index contributed by atoms with van der Waals surface area (Å²) in [4.78, 5) is 22.1. The third kappa shape index (κ3) is 4.59. The summed E-state index contributed by atoms with van der Waals surface area (Å²) in [7, 11) is 0. The Kier molecular flexibility index (Phi) is 5.53. The summed E-state index contributed by atoms with van der Waals surface area (Å²) >= 11 is 5.77. The number of hydrogen-bond acceptors (Lipinski definition) is 4. The van der Waals surface area contributed by atoms with Crippen LogP contribution in [0.25, 0.3) is 0 Å². The average Bonchev–Trinajstić information content (AvgIpc) is 2.41. The lowest BCUT2D eigenvalue weighted by Gasteiger charge is -2.15. The molecule has 0 aliphatic rings. The van der Waals surface area contributed by atoms with Crippen LogP contribution in [0.1, 0.15) is 5.56 Å². The predicted octanol–water partition coefficient (Wildman–Crippen LogP) is 1.22. The molecule has 6 nitrogen and oxygen atoms in total. The Bertz CT molecular complexity index is 524. The molecule has 0 fully saturated rings. The summed E-state index contributed by atoms with van der Waals surface area (Å²) in [6.07, 6.45) is -4.75. The molecule has 116 valence electrons. The molecule has 0 bridgehead atoms. The van der Waals surface area contributed by atoms with E-state index >= 15 is 0 Å². The molecular formula is C11H10ClF3N2O4. The van der Waals surface area contributed by atoms with Crippen molar-refractivity contribution in [3.63, 3.8) is 0 Å². The van der Waals surface area contributed by atoms with Crippen LogP contribution in [-0.2, 0) is 15.8 Å². The molecule has 0 aliphatic heterocycles. The van der Waals surface area contributed by atoms with Crippen molar-refractivity contribution in [1.82, 2.24) is 0 Å². The van der Waals surface area contributed by atoms with Gasteiger partial charge in [-0.15, -0.1) is 0 Å². The Morgan fingerprint density at radius 1 is 1.05 bits per heavy atom. The fraction of sp³-hybridized carbons (Fsp3) is 0.273. The van der Waals surface area contributed by atoms with Gasteiger partial charge in [0.1, 0.15) is 13.2 Å². The first-order valence-corrected chi connectivity index (χ1v) is 5.79. The zero-order valence-corrected chi connectivity index (χ0v) is 11.0. The van der Waals surface area contributed by atoms with E-state index in [2.05, 4.69) is 0 Å². The number of carbonyl (C=O) groups excluding carboxylic acids is 2. The van der Waals surface area contributed by atoms with Crippen LogP contribution in [-0.4, -0.2) is 35.2 Å². The molecule has 4 N–H and O–H groups in total. The van der Waals surface area contributed by atoms with Gasteiger partial charge in [0.25, 0.3) is 0 Å². The average molecular weight is 327 g/mol. The molecule has 2 amide bonds. The highest BCUT2D eigenvalue weighted by Gasteiger charge is 2.32. The topological polar surface area (TPSA) is 98.7 Å². The van der Waals surface area contributed by atoms with Crippen LogP contribution in [0.2, 0.25) is 5.02 Å². The van der Waals surface area contributed by atoms with Crippen molar-refractivity contribution in [2.45, 2.75) is 6.18 Å². The van der Waals surface area contributed by atoms with Gasteiger partial charge in [-0.1, -0.05) is 11.6 Å². The van der Waals surface area contributed by atoms with Crippen molar-refractivity contribution < 1.29 is 33.0 Å². The SMILES string of the molecule is O=C(CO)Nc1cc(C(F)(F)F)cc(NC(=O)CO)c1Cl. The minimum atomic E-state index is -4.75.